The Labute approximate surface area is 150 Å². The van der Waals surface area contributed by atoms with E-state index in [1.165, 1.54) is 36.0 Å². The van der Waals surface area contributed by atoms with Crippen molar-refractivity contribution < 1.29 is 13.6 Å². The minimum atomic E-state index is -0.345. The SMILES string of the molecule is O=C(CSc1ncc(-c2ccc(Br)cc2)o1)Nc1ccc(F)cc1. The van der Waals surface area contributed by atoms with Crippen molar-refractivity contribution in [3.8, 4) is 11.3 Å². The summed E-state index contributed by atoms with van der Waals surface area (Å²) in [5.41, 5.74) is 1.46. The third-order valence-corrected chi connectivity index (χ3v) is 4.44. The smallest absolute Gasteiger partial charge is 0.256 e. The second-order valence-electron chi connectivity index (χ2n) is 4.84. The number of hydrogen-bond donors (Lipinski definition) is 1. The number of rotatable bonds is 5. The van der Waals surface area contributed by atoms with Crippen LogP contribution in [0.4, 0.5) is 10.1 Å². The van der Waals surface area contributed by atoms with E-state index in [0.29, 0.717) is 16.7 Å². The van der Waals surface area contributed by atoms with E-state index in [-0.39, 0.29) is 17.5 Å². The quantitative estimate of drug-likeness (QED) is 0.607. The molecule has 4 nitrogen and oxygen atoms in total. The van der Waals surface area contributed by atoms with Gasteiger partial charge in [-0.15, -0.1) is 0 Å². The van der Waals surface area contributed by atoms with E-state index in [1.807, 2.05) is 24.3 Å². The Hall–Kier alpha value is -2.12. The number of oxazole rings is 1. The molecule has 0 aliphatic heterocycles. The molecule has 2 aromatic carbocycles. The Balaban J connectivity index is 1.56. The molecule has 0 aliphatic carbocycles. The van der Waals surface area contributed by atoms with Crippen molar-refractivity contribution >= 4 is 39.3 Å². The summed E-state index contributed by atoms with van der Waals surface area (Å²) in [6.07, 6.45) is 1.63. The van der Waals surface area contributed by atoms with Gasteiger partial charge in [-0.1, -0.05) is 39.8 Å². The summed E-state index contributed by atoms with van der Waals surface area (Å²) in [4.78, 5) is 16.0. The lowest BCUT2D eigenvalue weighted by atomic mass is 10.2. The number of anilines is 1. The van der Waals surface area contributed by atoms with Gasteiger partial charge >= 0.3 is 0 Å². The van der Waals surface area contributed by atoms with Gasteiger partial charge in [0.2, 0.25) is 5.91 Å². The number of halogens is 2. The Bertz CT molecular complexity index is 835. The van der Waals surface area contributed by atoms with Gasteiger partial charge in [-0.05, 0) is 36.4 Å². The average molecular weight is 407 g/mol. The molecular formula is C17H12BrFN2O2S. The van der Waals surface area contributed by atoms with E-state index >= 15 is 0 Å². The number of nitrogens with one attached hydrogen (secondary N) is 1. The molecule has 1 heterocycles. The van der Waals surface area contributed by atoms with Crippen LogP contribution in [0.15, 0.2) is 68.8 Å². The minimum Gasteiger partial charge on any atom is -0.431 e. The van der Waals surface area contributed by atoms with Crippen molar-refractivity contribution in [2.75, 3.05) is 11.1 Å². The van der Waals surface area contributed by atoms with Crippen LogP contribution in [-0.2, 0) is 4.79 Å². The Morgan fingerprint density at radius 1 is 1.17 bits per heavy atom. The van der Waals surface area contributed by atoms with Crippen LogP contribution in [0.2, 0.25) is 0 Å². The molecule has 0 aliphatic rings. The maximum Gasteiger partial charge on any atom is 0.256 e. The fourth-order valence-electron chi connectivity index (χ4n) is 1.93. The van der Waals surface area contributed by atoms with Gasteiger partial charge in [0.1, 0.15) is 5.82 Å². The fraction of sp³-hybridized carbons (Fsp3) is 0.0588. The maximum atomic E-state index is 12.8. The second-order valence-corrected chi connectivity index (χ2v) is 6.68. The van der Waals surface area contributed by atoms with E-state index in [4.69, 9.17) is 4.42 Å². The minimum absolute atomic E-state index is 0.150. The number of carbonyl (C=O) groups excluding carboxylic acids is 1. The molecule has 1 aromatic heterocycles. The maximum absolute atomic E-state index is 12.8. The number of nitrogens with zero attached hydrogens (tertiary/aromatic N) is 1. The van der Waals surface area contributed by atoms with E-state index < -0.39 is 0 Å². The number of aromatic nitrogens is 1. The Morgan fingerprint density at radius 2 is 1.88 bits per heavy atom. The van der Waals surface area contributed by atoms with Gasteiger partial charge in [-0.3, -0.25) is 4.79 Å². The van der Waals surface area contributed by atoms with Crippen molar-refractivity contribution in [2.24, 2.45) is 0 Å². The summed E-state index contributed by atoms with van der Waals surface area (Å²) in [5, 5.41) is 3.10. The van der Waals surface area contributed by atoms with Crippen LogP contribution in [0.5, 0.6) is 0 Å². The zero-order valence-corrected chi connectivity index (χ0v) is 14.7. The topological polar surface area (TPSA) is 55.1 Å². The third kappa shape index (κ3) is 4.46. The predicted molar refractivity (Wildman–Crippen MR) is 95.4 cm³/mol. The largest absolute Gasteiger partial charge is 0.431 e. The van der Waals surface area contributed by atoms with Crippen molar-refractivity contribution in [3.05, 3.63) is 65.0 Å². The first kappa shape index (κ1) is 16.7. The molecule has 0 radical (unpaired) electrons. The van der Waals surface area contributed by atoms with Gasteiger partial charge < -0.3 is 9.73 Å². The first-order valence-corrected chi connectivity index (χ1v) is 8.78. The molecule has 0 atom stereocenters. The van der Waals surface area contributed by atoms with Gasteiger partial charge in [0.05, 0.1) is 11.9 Å². The second kappa shape index (κ2) is 7.63. The molecule has 1 N–H and O–H groups in total. The van der Waals surface area contributed by atoms with Gasteiger partial charge in [0.15, 0.2) is 5.76 Å². The summed E-state index contributed by atoms with van der Waals surface area (Å²) in [5.74, 6) is 0.235. The summed E-state index contributed by atoms with van der Waals surface area (Å²) >= 11 is 4.58. The highest BCUT2D eigenvalue weighted by molar-refractivity contribution is 9.10. The first-order chi connectivity index (χ1) is 11.6. The van der Waals surface area contributed by atoms with Gasteiger partial charge in [0.25, 0.3) is 5.22 Å². The Morgan fingerprint density at radius 3 is 2.58 bits per heavy atom. The van der Waals surface area contributed by atoms with Crippen molar-refractivity contribution in [3.63, 3.8) is 0 Å². The van der Waals surface area contributed by atoms with E-state index in [2.05, 4.69) is 26.2 Å². The van der Waals surface area contributed by atoms with E-state index in [1.54, 1.807) is 6.20 Å². The van der Waals surface area contributed by atoms with Crippen LogP contribution in [0.1, 0.15) is 0 Å². The molecule has 3 rings (SSSR count). The number of thioether (sulfide) groups is 1. The molecule has 122 valence electrons. The molecule has 0 saturated carbocycles. The van der Waals surface area contributed by atoms with Gasteiger partial charge in [0, 0.05) is 15.7 Å². The Kier molecular flexibility index (Phi) is 5.32. The summed E-state index contributed by atoms with van der Waals surface area (Å²) in [6.45, 7) is 0. The molecule has 0 spiro atoms. The zero-order valence-electron chi connectivity index (χ0n) is 12.3. The average Bonchev–Trinajstić information content (AvgIpc) is 3.05. The van der Waals surface area contributed by atoms with Crippen LogP contribution < -0.4 is 5.32 Å². The normalized spacial score (nSPS) is 10.6. The molecular weight excluding hydrogens is 395 g/mol. The van der Waals surface area contributed by atoms with Crippen molar-refractivity contribution in [1.29, 1.82) is 0 Å². The highest BCUT2D eigenvalue weighted by Gasteiger charge is 2.10. The monoisotopic (exact) mass is 406 g/mol. The molecule has 0 unspecified atom stereocenters. The van der Waals surface area contributed by atoms with Gasteiger partial charge in [-0.25, -0.2) is 9.37 Å². The molecule has 0 saturated heterocycles. The van der Waals surface area contributed by atoms with Gasteiger partial charge in [-0.2, -0.15) is 0 Å². The standard InChI is InChI=1S/C17H12BrFN2O2S/c18-12-3-1-11(2-4-12)15-9-20-17(23-15)24-10-16(22)21-14-7-5-13(19)6-8-14/h1-9H,10H2,(H,21,22). The number of carbonyl (C=O) groups is 1. The van der Waals surface area contributed by atoms with Crippen molar-refractivity contribution in [1.82, 2.24) is 4.98 Å². The third-order valence-electron chi connectivity index (χ3n) is 3.07. The lowest BCUT2D eigenvalue weighted by Crippen LogP contribution is -2.13. The summed E-state index contributed by atoms with van der Waals surface area (Å²) in [6, 6.07) is 13.3. The molecule has 0 bridgehead atoms. The molecule has 1 amide bonds. The van der Waals surface area contributed by atoms with Crippen LogP contribution in [0.25, 0.3) is 11.3 Å². The summed E-state index contributed by atoms with van der Waals surface area (Å²) in [7, 11) is 0. The summed E-state index contributed by atoms with van der Waals surface area (Å²) < 4.78 is 19.4. The zero-order chi connectivity index (χ0) is 16.9. The molecule has 24 heavy (non-hydrogen) atoms. The fourth-order valence-corrected chi connectivity index (χ4v) is 2.80. The highest BCUT2D eigenvalue weighted by atomic mass is 79.9. The number of hydrogen-bond acceptors (Lipinski definition) is 4. The highest BCUT2D eigenvalue weighted by Crippen LogP contribution is 2.26. The number of benzene rings is 2. The van der Waals surface area contributed by atoms with Crippen LogP contribution in [0, 0.1) is 5.82 Å². The van der Waals surface area contributed by atoms with Crippen LogP contribution in [-0.4, -0.2) is 16.6 Å². The molecule has 3 aromatic rings. The van der Waals surface area contributed by atoms with Crippen LogP contribution in [0.3, 0.4) is 0 Å². The van der Waals surface area contributed by atoms with Crippen molar-refractivity contribution in [2.45, 2.75) is 5.22 Å². The van der Waals surface area contributed by atoms with E-state index in [9.17, 15) is 9.18 Å². The molecule has 0 fully saturated rings. The number of amides is 1. The predicted octanol–water partition coefficient (Wildman–Crippen LogP) is 4.97. The lowest BCUT2D eigenvalue weighted by molar-refractivity contribution is -0.113. The van der Waals surface area contributed by atoms with Crippen LogP contribution >= 0.6 is 27.7 Å². The first-order valence-electron chi connectivity index (χ1n) is 7.00. The lowest BCUT2D eigenvalue weighted by Gasteiger charge is -2.03. The molecule has 7 heteroatoms. The van der Waals surface area contributed by atoms with E-state index in [0.717, 1.165) is 10.0 Å².